The molecule has 140 valence electrons. The molecule has 0 aliphatic heterocycles. The van der Waals surface area contributed by atoms with Crippen LogP contribution in [0.15, 0.2) is 18.2 Å². The Labute approximate surface area is 145 Å². The monoisotopic (exact) mass is 372 g/mol. The number of hydrogen-bond acceptors (Lipinski definition) is 6. The molecule has 0 radical (unpaired) electrons. The van der Waals surface area contributed by atoms with Crippen LogP contribution in [0.5, 0.6) is 5.75 Å². The lowest BCUT2D eigenvalue weighted by atomic mass is 10.2. The normalized spacial score (nSPS) is 11.1. The van der Waals surface area contributed by atoms with Crippen molar-refractivity contribution >= 4 is 17.5 Å². The van der Waals surface area contributed by atoms with Crippen molar-refractivity contribution in [3.63, 3.8) is 0 Å². The molecule has 0 saturated carbocycles. The summed E-state index contributed by atoms with van der Waals surface area (Å²) in [5, 5.41) is 15.1. The summed E-state index contributed by atoms with van der Waals surface area (Å²) in [5.41, 5.74) is 0.735. The zero-order chi connectivity index (χ0) is 19.3. The van der Waals surface area contributed by atoms with Gasteiger partial charge in [-0.15, -0.1) is 5.10 Å². The molecule has 1 aromatic heterocycles. The maximum absolute atomic E-state index is 12.0. The van der Waals surface area contributed by atoms with Crippen molar-refractivity contribution < 1.29 is 27.5 Å². The van der Waals surface area contributed by atoms with Gasteiger partial charge in [-0.1, -0.05) is 0 Å². The summed E-state index contributed by atoms with van der Waals surface area (Å²) in [6, 6.07) is 4.57. The minimum Gasteiger partial charge on any atom is -0.494 e. The minimum absolute atomic E-state index is 0.296. The summed E-state index contributed by atoms with van der Waals surface area (Å²) in [6.45, 7) is 0.167. The number of hydrogen-bond donors (Lipinski definition) is 2. The van der Waals surface area contributed by atoms with E-state index in [-0.39, 0.29) is 0 Å². The fourth-order valence-electron chi connectivity index (χ4n) is 2.00. The number of tetrazole rings is 1. The van der Waals surface area contributed by atoms with Gasteiger partial charge in [0.15, 0.2) is 5.82 Å². The predicted molar refractivity (Wildman–Crippen MR) is 82.8 cm³/mol. The van der Waals surface area contributed by atoms with Crippen molar-refractivity contribution in [1.82, 2.24) is 25.5 Å². The number of aryl methyl sites for hydroxylation is 1. The average Bonchev–Trinajstić information content (AvgIpc) is 2.98. The molecule has 2 amide bonds. The summed E-state index contributed by atoms with van der Waals surface area (Å²) in [4.78, 5) is 23.2. The molecule has 2 aromatic rings. The Kier molecular flexibility index (Phi) is 5.75. The second kappa shape index (κ2) is 7.80. The summed E-state index contributed by atoms with van der Waals surface area (Å²) in [5.74, 6) is -0.904. The van der Waals surface area contributed by atoms with Gasteiger partial charge in [0.2, 0.25) is 11.8 Å². The van der Waals surface area contributed by atoms with Crippen LogP contribution in [0.25, 0.3) is 5.69 Å². The highest BCUT2D eigenvalue weighted by Crippen LogP contribution is 2.26. The van der Waals surface area contributed by atoms with Crippen LogP contribution in [0, 0.1) is 6.92 Å². The Morgan fingerprint density at radius 1 is 1.27 bits per heavy atom. The lowest BCUT2D eigenvalue weighted by molar-refractivity contribution is -0.140. The molecule has 0 aliphatic carbocycles. The summed E-state index contributed by atoms with van der Waals surface area (Å²) in [7, 11) is 1.45. The zero-order valence-electron chi connectivity index (χ0n) is 13.8. The summed E-state index contributed by atoms with van der Waals surface area (Å²) in [6.07, 6.45) is -5.29. The molecule has 9 nitrogen and oxygen atoms in total. The number of benzene rings is 1. The fourth-order valence-corrected chi connectivity index (χ4v) is 2.00. The molecule has 0 bridgehead atoms. The predicted octanol–water partition coefficient (Wildman–Crippen LogP) is 0.986. The first kappa shape index (κ1) is 19.1. The van der Waals surface area contributed by atoms with E-state index in [0.29, 0.717) is 22.9 Å². The SMILES string of the molecule is COc1ccc(NC(=O)CC(=O)NCC(F)(F)F)cc1-n1nnnc1C. The number of alkyl halides is 3. The highest BCUT2D eigenvalue weighted by atomic mass is 19.4. The summed E-state index contributed by atoms with van der Waals surface area (Å²) < 4.78 is 42.7. The molecule has 0 saturated heterocycles. The quantitative estimate of drug-likeness (QED) is 0.732. The van der Waals surface area contributed by atoms with E-state index >= 15 is 0 Å². The standard InChI is InChI=1S/C14H15F3N6O3/c1-8-20-21-22-23(8)10-5-9(3-4-11(10)26-2)19-13(25)6-12(24)18-7-14(15,16)17/h3-5H,6-7H2,1-2H3,(H,18,24)(H,19,25). The third-order valence-corrected chi connectivity index (χ3v) is 3.12. The maximum Gasteiger partial charge on any atom is 0.405 e. The molecule has 0 unspecified atom stereocenters. The van der Waals surface area contributed by atoms with E-state index in [1.165, 1.54) is 23.9 Å². The van der Waals surface area contributed by atoms with E-state index < -0.39 is 31.0 Å². The largest absolute Gasteiger partial charge is 0.494 e. The Bertz CT molecular complexity index is 805. The van der Waals surface area contributed by atoms with Crippen LogP contribution >= 0.6 is 0 Å². The number of nitrogens with zero attached hydrogens (tertiary/aromatic N) is 4. The van der Waals surface area contributed by atoms with Gasteiger partial charge in [-0.2, -0.15) is 17.9 Å². The van der Waals surface area contributed by atoms with Gasteiger partial charge >= 0.3 is 6.18 Å². The molecule has 1 heterocycles. The van der Waals surface area contributed by atoms with Gasteiger partial charge in [-0.3, -0.25) is 9.59 Å². The second-order valence-electron chi connectivity index (χ2n) is 5.14. The Morgan fingerprint density at radius 2 is 2.00 bits per heavy atom. The molecular formula is C14H15F3N6O3. The molecule has 26 heavy (non-hydrogen) atoms. The lowest BCUT2D eigenvalue weighted by Crippen LogP contribution is -2.35. The van der Waals surface area contributed by atoms with Crippen molar-refractivity contribution in [2.45, 2.75) is 19.5 Å². The minimum atomic E-state index is -4.54. The molecular weight excluding hydrogens is 357 g/mol. The average molecular weight is 372 g/mol. The number of rotatable bonds is 6. The van der Waals surface area contributed by atoms with E-state index in [0.717, 1.165) is 0 Å². The number of ether oxygens (including phenoxy) is 1. The van der Waals surface area contributed by atoms with Crippen molar-refractivity contribution in [2.75, 3.05) is 19.0 Å². The zero-order valence-corrected chi connectivity index (χ0v) is 13.8. The third kappa shape index (κ3) is 5.16. The van der Waals surface area contributed by atoms with E-state index in [4.69, 9.17) is 4.74 Å². The first-order chi connectivity index (χ1) is 12.2. The van der Waals surface area contributed by atoms with Crippen LogP contribution in [0.2, 0.25) is 0 Å². The van der Waals surface area contributed by atoms with Crippen molar-refractivity contribution in [3.05, 3.63) is 24.0 Å². The molecule has 1 aromatic carbocycles. The van der Waals surface area contributed by atoms with Crippen molar-refractivity contribution in [3.8, 4) is 11.4 Å². The highest BCUT2D eigenvalue weighted by molar-refractivity contribution is 6.03. The molecule has 2 N–H and O–H groups in total. The van der Waals surface area contributed by atoms with Gasteiger partial charge < -0.3 is 15.4 Å². The van der Waals surface area contributed by atoms with E-state index in [1.54, 1.807) is 18.3 Å². The Balaban J connectivity index is 2.07. The van der Waals surface area contributed by atoms with Gasteiger partial charge in [0.25, 0.3) is 0 Å². The number of aromatic nitrogens is 4. The van der Waals surface area contributed by atoms with E-state index in [1.807, 2.05) is 0 Å². The van der Waals surface area contributed by atoms with Crippen LogP contribution in [-0.4, -0.2) is 51.9 Å². The number of halogens is 3. The summed E-state index contributed by atoms with van der Waals surface area (Å²) >= 11 is 0. The fraction of sp³-hybridized carbons (Fsp3) is 0.357. The highest BCUT2D eigenvalue weighted by Gasteiger charge is 2.28. The van der Waals surface area contributed by atoms with Crippen LogP contribution in [0.4, 0.5) is 18.9 Å². The number of methoxy groups -OCH3 is 1. The number of anilines is 1. The van der Waals surface area contributed by atoms with Gasteiger partial charge in [-0.25, -0.2) is 0 Å². The molecule has 0 spiro atoms. The molecule has 2 rings (SSSR count). The second-order valence-corrected chi connectivity index (χ2v) is 5.14. The van der Waals surface area contributed by atoms with Crippen LogP contribution in [0.1, 0.15) is 12.2 Å². The number of carbonyl (C=O) groups excluding carboxylic acids is 2. The van der Waals surface area contributed by atoms with Crippen LogP contribution in [0.3, 0.4) is 0 Å². The van der Waals surface area contributed by atoms with E-state index in [2.05, 4.69) is 20.8 Å². The van der Waals surface area contributed by atoms with Gasteiger partial charge in [-0.05, 0) is 35.5 Å². The first-order valence-corrected chi connectivity index (χ1v) is 7.26. The first-order valence-electron chi connectivity index (χ1n) is 7.26. The topological polar surface area (TPSA) is 111 Å². The van der Waals surface area contributed by atoms with Gasteiger partial charge in [0.1, 0.15) is 24.4 Å². The Morgan fingerprint density at radius 3 is 2.58 bits per heavy atom. The number of nitrogens with one attached hydrogen (secondary N) is 2. The lowest BCUT2D eigenvalue weighted by Gasteiger charge is -2.12. The smallest absolute Gasteiger partial charge is 0.405 e. The molecule has 0 fully saturated rings. The van der Waals surface area contributed by atoms with Crippen molar-refractivity contribution in [1.29, 1.82) is 0 Å². The molecule has 0 atom stereocenters. The molecule has 12 heteroatoms. The van der Waals surface area contributed by atoms with Gasteiger partial charge in [0, 0.05) is 5.69 Å². The molecule has 0 aliphatic rings. The Hall–Kier alpha value is -3.18. The number of amides is 2. The number of carbonyl (C=O) groups is 2. The van der Waals surface area contributed by atoms with Crippen LogP contribution < -0.4 is 15.4 Å². The van der Waals surface area contributed by atoms with Crippen molar-refractivity contribution in [2.24, 2.45) is 0 Å². The van der Waals surface area contributed by atoms with Gasteiger partial charge in [0.05, 0.1) is 7.11 Å². The van der Waals surface area contributed by atoms with E-state index in [9.17, 15) is 22.8 Å². The maximum atomic E-state index is 12.0. The third-order valence-electron chi connectivity index (χ3n) is 3.12. The van der Waals surface area contributed by atoms with Crippen LogP contribution in [-0.2, 0) is 9.59 Å².